The Bertz CT molecular complexity index is 901. The van der Waals surface area contributed by atoms with Crippen molar-refractivity contribution in [1.29, 1.82) is 0 Å². The van der Waals surface area contributed by atoms with Gasteiger partial charge in [0, 0.05) is 35.9 Å². The Morgan fingerprint density at radius 2 is 1.88 bits per heavy atom. The number of rotatable bonds is 5. The molecule has 0 fully saturated rings. The van der Waals surface area contributed by atoms with Gasteiger partial charge >= 0.3 is 5.63 Å². The lowest BCUT2D eigenvalue weighted by atomic mass is 10.1. The first-order valence-electron chi connectivity index (χ1n) is 7.92. The minimum absolute atomic E-state index is 0.0753. The summed E-state index contributed by atoms with van der Waals surface area (Å²) in [4.78, 5) is 14.4. The number of likely N-dealkylation sites (N-methyl/N-ethyl adjacent to an activating group) is 1. The molecule has 3 aromatic rings. The highest BCUT2D eigenvalue weighted by Crippen LogP contribution is 2.25. The van der Waals surface area contributed by atoms with Crippen molar-refractivity contribution in [1.82, 2.24) is 0 Å². The molecule has 0 bridgehead atoms. The van der Waals surface area contributed by atoms with Crippen LogP contribution < -0.4 is 16.3 Å². The van der Waals surface area contributed by atoms with Crippen molar-refractivity contribution >= 4 is 22.3 Å². The van der Waals surface area contributed by atoms with E-state index in [0.717, 1.165) is 23.2 Å². The summed E-state index contributed by atoms with van der Waals surface area (Å²) in [5, 5.41) is 10.00. The number of aliphatic hydroxyl groups excluding tert-OH is 1. The fourth-order valence-electron chi connectivity index (χ4n) is 2.75. The zero-order valence-electron chi connectivity index (χ0n) is 13.5. The first kappa shape index (κ1) is 16.1. The number of hydrogen-bond acceptors (Lipinski definition) is 5. The molecule has 0 saturated heterocycles. The Morgan fingerprint density at radius 3 is 2.54 bits per heavy atom. The quantitative estimate of drug-likeness (QED) is 0.557. The molecule has 0 radical (unpaired) electrons. The van der Waals surface area contributed by atoms with Gasteiger partial charge in [0.1, 0.15) is 5.58 Å². The molecule has 0 unspecified atom stereocenters. The Labute approximate surface area is 139 Å². The van der Waals surface area contributed by atoms with E-state index >= 15 is 0 Å². The van der Waals surface area contributed by atoms with Crippen molar-refractivity contribution in [3.8, 4) is 11.1 Å². The van der Waals surface area contributed by atoms with Crippen molar-refractivity contribution in [2.45, 2.75) is 6.92 Å². The van der Waals surface area contributed by atoms with Gasteiger partial charge in [-0.05, 0) is 42.8 Å². The van der Waals surface area contributed by atoms with Gasteiger partial charge in [-0.2, -0.15) is 0 Å². The fourth-order valence-corrected chi connectivity index (χ4v) is 2.75. The first-order chi connectivity index (χ1) is 11.6. The summed E-state index contributed by atoms with van der Waals surface area (Å²) < 4.78 is 5.51. The Morgan fingerprint density at radius 1 is 1.12 bits per heavy atom. The maximum absolute atomic E-state index is 12.3. The third kappa shape index (κ3) is 3.12. The second kappa shape index (κ2) is 6.76. The minimum Gasteiger partial charge on any atom is -0.422 e. The molecule has 124 valence electrons. The lowest BCUT2D eigenvalue weighted by molar-refractivity contribution is 0.302. The predicted octanol–water partition coefficient (Wildman–Crippen LogP) is 2.86. The Balaban J connectivity index is 2.06. The van der Waals surface area contributed by atoms with Crippen LogP contribution in [0.15, 0.2) is 57.7 Å². The molecule has 0 aliphatic heterocycles. The highest BCUT2D eigenvalue weighted by molar-refractivity contribution is 5.84. The third-order valence-electron chi connectivity index (χ3n) is 4.06. The average Bonchev–Trinajstić information content (AvgIpc) is 2.59. The van der Waals surface area contributed by atoms with Crippen LogP contribution in [0.5, 0.6) is 0 Å². The maximum atomic E-state index is 12.3. The van der Waals surface area contributed by atoms with E-state index in [1.165, 1.54) is 0 Å². The van der Waals surface area contributed by atoms with Crippen LogP contribution in [-0.2, 0) is 0 Å². The molecular weight excluding hydrogens is 304 g/mol. The largest absolute Gasteiger partial charge is 0.422 e. The molecule has 3 rings (SSSR count). The van der Waals surface area contributed by atoms with Gasteiger partial charge in [0.05, 0.1) is 12.2 Å². The van der Waals surface area contributed by atoms with Crippen LogP contribution in [0.1, 0.15) is 6.92 Å². The molecule has 5 nitrogen and oxygen atoms in total. The number of nitrogens with two attached hydrogens (primary N) is 1. The van der Waals surface area contributed by atoms with Gasteiger partial charge in [-0.3, -0.25) is 0 Å². The zero-order chi connectivity index (χ0) is 17.1. The Hall–Kier alpha value is -2.79. The average molecular weight is 324 g/mol. The van der Waals surface area contributed by atoms with E-state index in [1.54, 1.807) is 12.1 Å². The molecule has 5 heteroatoms. The first-order valence-corrected chi connectivity index (χ1v) is 7.92. The van der Waals surface area contributed by atoms with Crippen LogP contribution in [0.3, 0.4) is 0 Å². The number of nitrogens with zero attached hydrogens (tertiary/aromatic N) is 1. The summed E-state index contributed by atoms with van der Waals surface area (Å²) >= 11 is 0. The van der Waals surface area contributed by atoms with Gasteiger partial charge in [-0.25, -0.2) is 4.79 Å². The highest BCUT2D eigenvalue weighted by atomic mass is 16.4. The van der Waals surface area contributed by atoms with Gasteiger partial charge in [0.25, 0.3) is 0 Å². The SMILES string of the molecule is CCN(CCO)c1ccc2cc(-c3ccc(N)cc3)c(=O)oc2c1. The van der Waals surface area contributed by atoms with Crippen LogP contribution in [0.25, 0.3) is 22.1 Å². The molecule has 2 aromatic carbocycles. The molecule has 0 amide bonds. The van der Waals surface area contributed by atoms with Crippen molar-refractivity contribution in [2.24, 2.45) is 0 Å². The van der Waals surface area contributed by atoms with Gasteiger partial charge in [-0.15, -0.1) is 0 Å². The van der Waals surface area contributed by atoms with Crippen LogP contribution in [0, 0.1) is 0 Å². The van der Waals surface area contributed by atoms with Crippen LogP contribution >= 0.6 is 0 Å². The number of benzene rings is 2. The second-order valence-electron chi connectivity index (χ2n) is 5.59. The molecule has 0 saturated carbocycles. The summed E-state index contributed by atoms with van der Waals surface area (Å²) in [6.07, 6.45) is 0. The molecule has 1 heterocycles. The summed E-state index contributed by atoms with van der Waals surface area (Å²) in [5.74, 6) is 0. The number of nitrogen functional groups attached to an aromatic ring is 1. The Kier molecular flexibility index (Phi) is 4.53. The summed E-state index contributed by atoms with van der Waals surface area (Å²) in [6.45, 7) is 3.39. The standard InChI is InChI=1S/C19H20N2O3/c1-2-21(9-10-22)16-8-5-14-11-17(19(23)24-18(14)12-16)13-3-6-15(20)7-4-13/h3-8,11-12,22H,2,9-10,20H2,1H3. The van der Waals surface area contributed by atoms with E-state index in [9.17, 15) is 4.79 Å². The molecule has 0 atom stereocenters. The smallest absolute Gasteiger partial charge is 0.344 e. The summed E-state index contributed by atoms with van der Waals surface area (Å²) in [6, 6.07) is 14.7. The van der Waals surface area contributed by atoms with E-state index in [2.05, 4.69) is 0 Å². The van der Waals surface area contributed by atoms with Crippen LogP contribution in [0.4, 0.5) is 11.4 Å². The van der Waals surface area contributed by atoms with Gasteiger partial charge in [0.15, 0.2) is 0 Å². The summed E-state index contributed by atoms with van der Waals surface area (Å²) in [5.41, 5.74) is 8.71. The molecule has 0 spiro atoms. The minimum atomic E-state index is -0.380. The van der Waals surface area contributed by atoms with Crippen molar-refractivity contribution in [2.75, 3.05) is 30.3 Å². The molecule has 3 N–H and O–H groups in total. The fraction of sp³-hybridized carbons (Fsp3) is 0.211. The van der Waals surface area contributed by atoms with Gasteiger partial charge < -0.3 is 20.2 Å². The molecular formula is C19H20N2O3. The number of anilines is 2. The zero-order valence-corrected chi connectivity index (χ0v) is 13.5. The number of aliphatic hydroxyl groups is 1. The predicted molar refractivity (Wildman–Crippen MR) is 97.3 cm³/mol. The summed E-state index contributed by atoms with van der Waals surface area (Å²) in [7, 11) is 0. The van der Waals surface area contributed by atoms with Crippen molar-refractivity contribution < 1.29 is 9.52 Å². The van der Waals surface area contributed by atoms with E-state index in [1.807, 2.05) is 48.2 Å². The topological polar surface area (TPSA) is 79.7 Å². The molecule has 0 aliphatic rings. The van der Waals surface area contributed by atoms with E-state index in [4.69, 9.17) is 15.3 Å². The van der Waals surface area contributed by atoms with Crippen LogP contribution in [-0.4, -0.2) is 24.8 Å². The molecule has 1 aromatic heterocycles. The molecule has 0 aliphatic carbocycles. The molecule has 24 heavy (non-hydrogen) atoms. The maximum Gasteiger partial charge on any atom is 0.344 e. The normalized spacial score (nSPS) is 10.9. The lowest BCUT2D eigenvalue weighted by Crippen LogP contribution is -2.26. The number of hydrogen-bond donors (Lipinski definition) is 2. The van der Waals surface area contributed by atoms with Crippen molar-refractivity contribution in [3.05, 3.63) is 59.0 Å². The lowest BCUT2D eigenvalue weighted by Gasteiger charge is -2.22. The van der Waals surface area contributed by atoms with Crippen LogP contribution in [0.2, 0.25) is 0 Å². The highest BCUT2D eigenvalue weighted by Gasteiger charge is 2.10. The van der Waals surface area contributed by atoms with E-state index in [-0.39, 0.29) is 12.2 Å². The number of fused-ring (bicyclic) bond motifs is 1. The third-order valence-corrected chi connectivity index (χ3v) is 4.06. The van der Waals surface area contributed by atoms with Gasteiger partial charge in [0.2, 0.25) is 0 Å². The van der Waals surface area contributed by atoms with Gasteiger partial charge in [-0.1, -0.05) is 12.1 Å². The van der Waals surface area contributed by atoms with E-state index in [0.29, 0.717) is 23.4 Å². The second-order valence-corrected chi connectivity index (χ2v) is 5.59. The van der Waals surface area contributed by atoms with Crippen molar-refractivity contribution in [3.63, 3.8) is 0 Å². The monoisotopic (exact) mass is 324 g/mol. The van der Waals surface area contributed by atoms with E-state index < -0.39 is 0 Å².